The Hall–Kier alpha value is -1.92. The van der Waals surface area contributed by atoms with Crippen molar-refractivity contribution in [2.75, 3.05) is 68.3 Å². The topological polar surface area (TPSA) is 144 Å². The van der Waals surface area contributed by atoms with Crippen molar-refractivity contribution in [3.8, 4) is 11.5 Å². The van der Waals surface area contributed by atoms with Gasteiger partial charge in [-0.15, -0.1) is 5.10 Å². The van der Waals surface area contributed by atoms with Gasteiger partial charge in [0.05, 0.1) is 48.8 Å². The fourth-order valence-corrected chi connectivity index (χ4v) is 7.07. The fourth-order valence-electron chi connectivity index (χ4n) is 3.72. The number of benzene rings is 2. The second kappa shape index (κ2) is 19.6. The van der Waals surface area contributed by atoms with Crippen LogP contribution in [0.15, 0.2) is 53.6 Å². The molecule has 0 aliphatic rings. The predicted molar refractivity (Wildman–Crippen MR) is 178 cm³/mol. The summed E-state index contributed by atoms with van der Waals surface area (Å²) in [4.78, 5) is 35.2. The summed E-state index contributed by atoms with van der Waals surface area (Å²) in [7, 11) is 1.12. The normalized spacial score (nSPS) is 12.4. The summed E-state index contributed by atoms with van der Waals surface area (Å²) in [5.74, 6) is 1.31. The summed E-state index contributed by atoms with van der Waals surface area (Å²) in [6, 6.07) is 15.1. The molecular weight excluding hydrogens is 649 g/mol. The lowest BCUT2D eigenvalue weighted by molar-refractivity contribution is -0.121. The molecule has 0 saturated heterocycles. The van der Waals surface area contributed by atoms with Crippen molar-refractivity contribution in [2.45, 2.75) is 19.3 Å². The molecule has 0 radical (unpaired) electrons. The summed E-state index contributed by atoms with van der Waals surface area (Å²) in [5, 5.41) is 7.31. The van der Waals surface area contributed by atoms with Crippen LogP contribution in [0, 0.1) is 0 Å². The maximum Gasteiger partial charge on any atom is 0.540 e. The summed E-state index contributed by atoms with van der Waals surface area (Å²) in [6.45, 7) is 0.850. The van der Waals surface area contributed by atoms with Crippen LogP contribution < -0.4 is 14.6 Å². The third kappa shape index (κ3) is 13.6. The molecule has 0 saturated carbocycles. The molecule has 0 aliphatic carbocycles. The lowest BCUT2D eigenvalue weighted by Gasteiger charge is -2.25. The van der Waals surface area contributed by atoms with E-state index in [9.17, 15) is 14.6 Å². The highest BCUT2D eigenvalue weighted by Crippen LogP contribution is 2.60. The zero-order valence-electron chi connectivity index (χ0n) is 26.0. The van der Waals surface area contributed by atoms with Gasteiger partial charge in [0.1, 0.15) is 5.75 Å². The summed E-state index contributed by atoms with van der Waals surface area (Å²) < 4.78 is 33.2. The van der Waals surface area contributed by atoms with Gasteiger partial charge in [0, 0.05) is 19.5 Å². The van der Waals surface area contributed by atoms with Crippen LogP contribution in [0.3, 0.4) is 0 Å². The SMILES string of the molecule is COc1ccc(C=NN(C)[P+](=S)Oc2ccc(CCNC(=O)CCCN(C[P+](O)(OC)OC)C[P+](O)(OC)OC)cc2)cc1. The largest absolute Gasteiger partial charge is 0.540 e. The molecule has 13 nitrogen and oxygen atoms in total. The third-order valence-electron chi connectivity index (χ3n) is 6.35. The number of hydrogen-bond acceptors (Lipinski definition) is 12. The molecule has 1 atom stereocenters. The smallest absolute Gasteiger partial charge is 0.497 e. The number of methoxy groups -OCH3 is 1. The van der Waals surface area contributed by atoms with Crippen LogP contribution >= 0.6 is 23.0 Å². The molecule has 0 spiro atoms. The van der Waals surface area contributed by atoms with E-state index in [4.69, 9.17) is 39.2 Å². The zero-order chi connectivity index (χ0) is 32.6. The molecule has 0 fully saturated rings. The first-order valence-electron chi connectivity index (χ1n) is 13.6. The molecule has 1 amide bonds. The van der Waals surface area contributed by atoms with Crippen molar-refractivity contribution in [1.29, 1.82) is 0 Å². The Morgan fingerprint density at radius 1 is 0.932 bits per heavy atom. The Kier molecular flexibility index (Phi) is 17.0. The van der Waals surface area contributed by atoms with Gasteiger partial charge in [0.15, 0.2) is 18.3 Å². The maximum absolute atomic E-state index is 12.5. The molecule has 2 rings (SSSR count). The Morgan fingerprint density at radius 2 is 1.48 bits per heavy atom. The van der Waals surface area contributed by atoms with E-state index in [1.807, 2.05) is 48.5 Å². The molecule has 1 unspecified atom stereocenters. The first-order valence-corrected chi connectivity index (χ1v) is 19.3. The molecule has 0 aliphatic heterocycles. The highest BCUT2D eigenvalue weighted by atomic mass is 32.4. The lowest BCUT2D eigenvalue weighted by atomic mass is 10.1. The van der Waals surface area contributed by atoms with E-state index in [-0.39, 0.29) is 24.9 Å². The van der Waals surface area contributed by atoms with E-state index in [1.165, 1.54) is 28.4 Å². The maximum atomic E-state index is 12.5. The molecule has 0 heterocycles. The quantitative estimate of drug-likeness (QED) is 0.0958. The Balaban J connectivity index is 1.77. The van der Waals surface area contributed by atoms with Gasteiger partial charge < -0.3 is 10.1 Å². The highest BCUT2D eigenvalue weighted by Gasteiger charge is 2.47. The summed E-state index contributed by atoms with van der Waals surface area (Å²) in [6.07, 6.45) is 3.14. The molecule has 0 bridgehead atoms. The molecule has 2 aromatic rings. The average Bonchev–Trinajstić information content (AvgIpc) is 3.04. The van der Waals surface area contributed by atoms with E-state index in [1.54, 1.807) is 30.1 Å². The Bertz CT molecular complexity index is 1170. The molecule has 0 aromatic heterocycles. The van der Waals surface area contributed by atoms with E-state index >= 15 is 0 Å². The minimum atomic E-state index is -3.15. The van der Waals surface area contributed by atoms with Gasteiger partial charge >= 0.3 is 23.0 Å². The third-order valence-corrected chi connectivity index (χ3v) is 12.0. The number of hydrazone groups is 1. The first kappa shape index (κ1) is 38.3. The van der Waals surface area contributed by atoms with Crippen molar-refractivity contribution < 1.29 is 41.9 Å². The van der Waals surface area contributed by atoms with Crippen molar-refractivity contribution >= 4 is 46.9 Å². The van der Waals surface area contributed by atoms with Crippen LogP contribution in [-0.4, -0.2) is 99.8 Å². The monoisotopic (exact) mass is 693 g/mol. The second-order valence-corrected chi connectivity index (χ2v) is 16.1. The lowest BCUT2D eigenvalue weighted by Crippen LogP contribution is -2.32. The molecule has 3 N–H and O–H groups in total. The summed E-state index contributed by atoms with van der Waals surface area (Å²) >= 11 is 5.49. The Labute approximate surface area is 267 Å². The van der Waals surface area contributed by atoms with Crippen LogP contribution in [0.1, 0.15) is 24.0 Å². The van der Waals surface area contributed by atoms with E-state index in [0.29, 0.717) is 31.7 Å². The van der Waals surface area contributed by atoms with Gasteiger partial charge in [-0.1, -0.05) is 16.9 Å². The number of nitrogens with one attached hydrogen (secondary N) is 1. The summed E-state index contributed by atoms with van der Waals surface area (Å²) in [5.41, 5.74) is 1.95. The fraction of sp³-hybridized carbons (Fsp3) is 0.481. The number of amides is 1. The van der Waals surface area contributed by atoms with Crippen molar-refractivity contribution in [2.24, 2.45) is 5.10 Å². The van der Waals surface area contributed by atoms with Gasteiger partial charge in [-0.2, -0.15) is 27.9 Å². The Morgan fingerprint density at radius 3 is 2.00 bits per heavy atom. The van der Waals surface area contributed by atoms with E-state index in [2.05, 4.69) is 10.4 Å². The van der Waals surface area contributed by atoms with Gasteiger partial charge in [-0.3, -0.25) is 9.32 Å². The number of carbonyl (C=O) groups is 1. The number of rotatable bonds is 21. The van der Waals surface area contributed by atoms with Crippen LogP contribution in [0.25, 0.3) is 0 Å². The molecule has 2 aromatic carbocycles. The average molecular weight is 694 g/mol. The minimum Gasteiger partial charge on any atom is -0.497 e. The van der Waals surface area contributed by atoms with Gasteiger partial charge in [0.2, 0.25) is 17.7 Å². The van der Waals surface area contributed by atoms with Crippen molar-refractivity contribution in [1.82, 2.24) is 15.0 Å². The molecule has 44 heavy (non-hydrogen) atoms. The van der Waals surface area contributed by atoms with E-state index in [0.717, 1.165) is 16.9 Å². The predicted octanol–water partition coefficient (Wildman–Crippen LogP) is 4.57. The minimum absolute atomic E-state index is 0.0247. The number of hydrogen-bond donors (Lipinski definition) is 3. The second-order valence-electron chi connectivity index (χ2n) is 9.37. The molecular formula is C27H44N4O9P3S+3. The highest BCUT2D eigenvalue weighted by molar-refractivity contribution is 8.02. The zero-order valence-corrected chi connectivity index (χ0v) is 29.5. The standard InChI is InChI=1S/C27H43N4O9P3S/c1-30(29-20-24-11-13-25(35-2)14-12-24)41(44)40-26-15-9-23(10-16-26)17-18-28-27(32)8-7-19-31(21-42(33,36-3)37-4)22-43(34,38-5)39-6/h9-16,20,33-34H,7-8,17-19,21-22H2,1-6H3/q+2/p+1. The van der Waals surface area contributed by atoms with Crippen LogP contribution in [0.5, 0.6) is 11.5 Å². The molecule has 244 valence electrons. The number of nitrogens with zero attached hydrogens (tertiary/aromatic N) is 3. The van der Waals surface area contributed by atoms with Crippen molar-refractivity contribution in [3.05, 3.63) is 59.7 Å². The van der Waals surface area contributed by atoms with Crippen LogP contribution in [0.4, 0.5) is 0 Å². The molecule has 17 heteroatoms. The van der Waals surface area contributed by atoms with Gasteiger partial charge in [-0.25, -0.2) is 4.90 Å². The number of ether oxygens (including phenoxy) is 1. The number of carbonyl (C=O) groups excluding carboxylic acids is 1. The van der Waals surface area contributed by atoms with Gasteiger partial charge in [0.25, 0.3) is 0 Å². The van der Waals surface area contributed by atoms with Crippen molar-refractivity contribution in [3.63, 3.8) is 0 Å². The van der Waals surface area contributed by atoms with Crippen LogP contribution in [0.2, 0.25) is 0 Å². The first-order chi connectivity index (χ1) is 21.0. The van der Waals surface area contributed by atoms with Crippen LogP contribution in [-0.2, 0) is 41.1 Å². The van der Waals surface area contributed by atoms with Gasteiger partial charge in [-0.05, 0) is 60.4 Å². The van der Waals surface area contributed by atoms with E-state index < -0.39 is 23.0 Å².